The molecule has 0 spiro atoms. The van der Waals surface area contributed by atoms with E-state index in [4.69, 9.17) is 11.6 Å². The summed E-state index contributed by atoms with van der Waals surface area (Å²) in [4.78, 5) is 6.51. The van der Waals surface area contributed by atoms with Gasteiger partial charge < -0.3 is 10.3 Å². The van der Waals surface area contributed by atoms with Crippen molar-refractivity contribution in [3.05, 3.63) is 46.9 Å². The van der Waals surface area contributed by atoms with Crippen LogP contribution in [0.5, 0.6) is 0 Å². The summed E-state index contributed by atoms with van der Waals surface area (Å²) in [5.41, 5.74) is 0.866. The number of alkyl halides is 3. The van der Waals surface area contributed by atoms with Crippen molar-refractivity contribution in [1.82, 2.24) is 20.2 Å². The number of fused-ring (bicyclic) bond motifs is 1. The Bertz CT molecular complexity index is 831. The van der Waals surface area contributed by atoms with Gasteiger partial charge in [-0.3, -0.25) is 0 Å². The molecule has 9 heteroatoms. The Balaban J connectivity index is 1.68. The summed E-state index contributed by atoms with van der Waals surface area (Å²) in [6.07, 6.45) is -1.54. The van der Waals surface area contributed by atoms with Crippen LogP contribution in [-0.4, -0.2) is 26.7 Å². The fourth-order valence-electron chi connectivity index (χ4n) is 2.18. The van der Waals surface area contributed by atoms with E-state index in [1.54, 1.807) is 6.07 Å². The minimum Gasteiger partial charge on any atom is -0.361 e. The first-order chi connectivity index (χ1) is 10.9. The first-order valence-corrected chi connectivity index (χ1v) is 7.07. The summed E-state index contributed by atoms with van der Waals surface area (Å²) in [5, 5.41) is 11.2. The first-order valence-electron chi connectivity index (χ1n) is 6.70. The number of H-pyrrole nitrogens is 1. The topological polar surface area (TPSA) is 66.5 Å². The van der Waals surface area contributed by atoms with E-state index < -0.39 is 11.9 Å². The number of nitrogens with one attached hydrogen (secondary N) is 2. The number of nitrogens with zero attached hydrogens (tertiary/aromatic N) is 3. The van der Waals surface area contributed by atoms with Gasteiger partial charge in [-0.25, -0.2) is 4.98 Å². The van der Waals surface area contributed by atoms with Crippen molar-refractivity contribution in [3.63, 3.8) is 0 Å². The van der Waals surface area contributed by atoms with Crippen molar-refractivity contribution in [2.24, 2.45) is 0 Å². The molecule has 0 fully saturated rings. The highest BCUT2D eigenvalue weighted by molar-refractivity contribution is 6.31. The van der Waals surface area contributed by atoms with Gasteiger partial charge in [-0.1, -0.05) is 11.6 Å². The van der Waals surface area contributed by atoms with E-state index in [1.165, 1.54) is 0 Å². The molecule has 0 radical (unpaired) electrons. The zero-order valence-corrected chi connectivity index (χ0v) is 12.4. The SMILES string of the molecule is FC(F)(F)c1cnnc(NCCc2c[nH]c3ccc(Cl)cc23)n1. The van der Waals surface area contributed by atoms with Crippen molar-refractivity contribution in [3.8, 4) is 0 Å². The lowest BCUT2D eigenvalue weighted by molar-refractivity contribution is -0.141. The fraction of sp³-hybridized carbons (Fsp3) is 0.214. The minimum absolute atomic E-state index is 0.155. The molecule has 0 unspecified atom stereocenters. The van der Waals surface area contributed by atoms with E-state index in [0.717, 1.165) is 16.5 Å². The van der Waals surface area contributed by atoms with Crippen LogP contribution < -0.4 is 5.32 Å². The molecule has 0 aliphatic rings. The second kappa shape index (κ2) is 6.04. The molecule has 5 nitrogen and oxygen atoms in total. The normalized spacial score (nSPS) is 11.8. The Hall–Kier alpha value is -2.35. The van der Waals surface area contributed by atoms with Gasteiger partial charge in [0.1, 0.15) is 0 Å². The molecule has 23 heavy (non-hydrogen) atoms. The summed E-state index contributed by atoms with van der Waals surface area (Å²) >= 11 is 5.97. The molecule has 0 atom stereocenters. The smallest absolute Gasteiger partial charge is 0.361 e. The molecule has 1 aromatic carbocycles. The second-order valence-electron chi connectivity index (χ2n) is 4.84. The van der Waals surface area contributed by atoms with Crippen LogP contribution in [0.1, 0.15) is 11.3 Å². The van der Waals surface area contributed by atoms with Gasteiger partial charge >= 0.3 is 6.18 Å². The van der Waals surface area contributed by atoms with Crippen LogP contribution in [0.4, 0.5) is 19.1 Å². The summed E-state index contributed by atoms with van der Waals surface area (Å²) in [7, 11) is 0. The molecule has 2 heterocycles. The maximum Gasteiger partial charge on any atom is 0.435 e. The van der Waals surface area contributed by atoms with E-state index in [9.17, 15) is 13.2 Å². The standard InChI is InChI=1S/C14H11ClF3N5/c15-9-1-2-11-10(5-9)8(6-20-11)3-4-19-13-22-12(7-21-23-13)14(16,17)18/h1-2,5-7,20H,3-4H2,(H,19,22,23). The summed E-state index contributed by atoms with van der Waals surface area (Å²) < 4.78 is 37.7. The van der Waals surface area contributed by atoms with Crippen molar-refractivity contribution < 1.29 is 13.2 Å². The van der Waals surface area contributed by atoms with Gasteiger partial charge in [0, 0.05) is 28.7 Å². The molecule has 2 aromatic heterocycles. The van der Waals surface area contributed by atoms with E-state index in [0.29, 0.717) is 24.2 Å². The number of rotatable bonds is 4. The molecule has 0 aliphatic heterocycles. The van der Waals surface area contributed by atoms with Crippen LogP contribution >= 0.6 is 11.6 Å². The van der Waals surface area contributed by atoms with Crippen LogP contribution in [-0.2, 0) is 12.6 Å². The van der Waals surface area contributed by atoms with Crippen LogP contribution in [0.15, 0.2) is 30.6 Å². The van der Waals surface area contributed by atoms with Gasteiger partial charge in [0.05, 0.1) is 6.20 Å². The van der Waals surface area contributed by atoms with Gasteiger partial charge in [-0.2, -0.15) is 18.3 Å². The highest BCUT2D eigenvalue weighted by Gasteiger charge is 2.33. The van der Waals surface area contributed by atoms with Gasteiger partial charge in [-0.05, 0) is 30.2 Å². The Morgan fingerprint density at radius 1 is 1.26 bits per heavy atom. The Labute approximate surface area is 133 Å². The average Bonchev–Trinajstić information content (AvgIpc) is 2.89. The molecule has 3 aromatic rings. The summed E-state index contributed by atoms with van der Waals surface area (Å²) in [6.45, 7) is 0.364. The van der Waals surface area contributed by atoms with Gasteiger partial charge in [0.25, 0.3) is 0 Å². The predicted octanol–water partition coefficient (Wildman–Crippen LogP) is 3.68. The Morgan fingerprint density at radius 3 is 2.87 bits per heavy atom. The third-order valence-corrected chi connectivity index (χ3v) is 3.49. The third kappa shape index (κ3) is 3.53. The van der Waals surface area contributed by atoms with Gasteiger partial charge in [-0.15, -0.1) is 5.10 Å². The zero-order valence-electron chi connectivity index (χ0n) is 11.7. The molecular weight excluding hydrogens is 331 g/mol. The predicted molar refractivity (Wildman–Crippen MR) is 80.3 cm³/mol. The number of aromatic nitrogens is 4. The fourth-order valence-corrected chi connectivity index (χ4v) is 2.35. The lowest BCUT2D eigenvalue weighted by Crippen LogP contribution is -2.14. The Kier molecular flexibility index (Phi) is 4.08. The van der Waals surface area contributed by atoms with Crippen molar-refractivity contribution >= 4 is 28.5 Å². The van der Waals surface area contributed by atoms with Crippen molar-refractivity contribution in [1.29, 1.82) is 0 Å². The highest BCUT2D eigenvalue weighted by Crippen LogP contribution is 2.27. The Morgan fingerprint density at radius 2 is 2.09 bits per heavy atom. The molecule has 0 saturated heterocycles. The van der Waals surface area contributed by atoms with Crippen LogP contribution in [0.25, 0.3) is 10.9 Å². The summed E-state index contributed by atoms with van der Waals surface area (Å²) in [5.74, 6) is -0.155. The molecular formula is C14H11ClF3N5. The number of halogens is 4. The van der Waals surface area contributed by atoms with Crippen LogP contribution in [0.2, 0.25) is 5.02 Å². The second-order valence-corrected chi connectivity index (χ2v) is 5.28. The van der Waals surface area contributed by atoms with E-state index in [2.05, 4.69) is 25.5 Å². The number of hydrogen-bond donors (Lipinski definition) is 2. The average molecular weight is 342 g/mol. The molecule has 120 valence electrons. The molecule has 0 aliphatic carbocycles. The summed E-state index contributed by atoms with van der Waals surface area (Å²) in [6, 6.07) is 5.49. The maximum atomic E-state index is 12.6. The van der Waals surface area contributed by atoms with Crippen molar-refractivity contribution in [2.75, 3.05) is 11.9 Å². The lowest BCUT2D eigenvalue weighted by atomic mass is 10.1. The van der Waals surface area contributed by atoms with Gasteiger partial charge in [0.15, 0.2) is 5.69 Å². The number of hydrogen-bond acceptors (Lipinski definition) is 4. The monoisotopic (exact) mass is 341 g/mol. The largest absolute Gasteiger partial charge is 0.435 e. The van der Waals surface area contributed by atoms with Crippen LogP contribution in [0.3, 0.4) is 0 Å². The first kappa shape index (κ1) is 15.5. The number of anilines is 1. The van der Waals surface area contributed by atoms with E-state index >= 15 is 0 Å². The minimum atomic E-state index is -4.54. The highest BCUT2D eigenvalue weighted by atomic mass is 35.5. The lowest BCUT2D eigenvalue weighted by Gasteiger charge is -2.07. The zero-order chi connectivity index (χ0) is 16.4. The molecule has 0 bridgehead atoms. The third-order valence-electron chi connectivity index (χ3n) is 3.26. The van der Waals surface area contributed by atoms with E-state index in [1.807, 2.05) is 18.3 Å². The number of aromatic amines is 1. The number of benzene rings is 1. The van der Waals surface area contributed by atoms with E-state index in [-0.39, 0.29) is 5.95 Å². The van der Waals surface area contributed by atoms with Gasteiger partial charge in [0.2, 0.25) is 5.95 Å². The maximum absolute atomic E-state index is 12.6. The van der Waals surface area contributed by atoms with Crippen molar-refractivity contribution in [2.45, 2.75) is 12.6 Å². The molecule has 0 amide bonds. The molecule has 3 rings (SSSR count). The molecule has 0 saturated carbocycles. The molecule has 2 N–H and O–H groups in total. The quantitative estimate of drug-likeness (QED) is 0.759. The van der Waals surface area contributed by atoms with Crippen LogP contribution in [0, 0.1) is 0 Å².